The van der Waals surface area contributed by atoms with E-state index in [1.165, 1.54) is 12.8 Å². The number of methoxy groups -OCH3 is 2. The van der Waals surface area contributed by atoms with Crippen molar-refractivity contribution in [3.8, 4) is 11.5 Å². The van der Waals surface area contributed by atoms with Crippen LogP contribution in [0.15, 0.2) is 18.2 Å². The molecule has 4 nitrogen and oxygen atoms in total. The van der Waals surface area contributed by atoms with E-state index in [4.69, 9.17) is 9.47 Å². The number of rotatable bonds is 9. The third-order valence-corrected chi connectivity index (χ3v) is 3.48. The second-order valence-corrected chi connectivity index (χ2v) is 5.00. The Hall–Kier alpha value is -1.26. The molecule has 0 fully saturated rings. The number of aliphatic hydroxyl groups is 1. The van der Waals surface area contributed by atoms with Crippen LogP contribution >= 0.6 is 0 Å². The van der Waals surface area contributed by atoms with E-state index in [9.17, 15) is 5.11 Å². The highest BCUT2D eigenvalue weighted by Gasteiger charge is 2.20. The zero-order chi connectivity index (χ0) is 15.0. The molecule has 0 aliphatic heterocycles. The maximum absolute atomic E-state index is 10.5. The zero-order valence-corrected chi connectivity index (χ0v) is 13.0. The summed E-state index contributed by atoms with van der Waals surface area (Å²) in [6.45, 7) is 5.08. The van der Waals surface area contributed by atoms with Gasteiger partial charge in [-0.25, -0.2) is 0 Å². The maximum atomic E-state index is 10.5. The van der Waals surface area contributed by atoms with E-state index in [0.29, 0.717) is 5.75 Å². The first-order valence-corrected chi connectivity index (χ1v) is 7.27. The fourth-order valence-electron chi connectivity index (χ4n) is 2.16. The minimum absolute atomic E-state index is 0.0344. The number of benzene rings is 1. The largest absolute Gasteiger partial charge is 0.497 e. The Morgan fingerprint density at radius 1 is 1.20 bits per heavy atom. The zero-order valence-electron chi connectivity index (χ0n) is 13.0. The Labute approximate surface area is 122 Å². The molecule has 0 saturated heterocycles. The standard InChI is InChI=1S/C16H27NO3/c1-5-6-7-10-17-12(2)16(18)14-11-13(19-3)8-9-15(14)20-4/h8-9,11-12,16-18H,5-7,10H2,1-4H3. The number of nitrogens with one attached hydrogen (secondary N) is 1. The van der Waals surface area contributed by atoms with Crippen LogP contribution in [0.1, 0.15) is 44.8 Å². The molecule has 2 unspecified atom stereocenters. The molecule has 0 amide bonds. The van der Waals surface area contributed by atoms with Crippen LogP contribution in [0.5, 0.6) is 11.5 Å². The lowest BCUT2D eigenvalue weighted by Crippen LogP contribution is -2.33. The molecule has 0 aliphatic rings. The molecule has 1 aromatic rings. The van der Waals surface area contributed by atoms with Crippen molar-refractivity contribution >= 4 is 0 Å². The van der Waals surface area contributed by atoms with Crippen LogP contribution in [0.25, 0.3) is 0 Å². The third kappa shape index (κ3) is 4.69. The first-order valence-electron chi connectivity index (χ1n) is 7.27. The van der Waals surface area contributed by atoms with Crippen molar-refractivity contribution in [3.63, 3.8) is 0 Å². The molecular formula is C16H27NO3. The number of unbranched alkanes of at least 4 members (excludes halogenated alkanes) is 2. The fourth-order valence-corrected chi connectivity index (χ4v) is 2.16. The van der Waals surface area contributed by atoms with Crippen molar-refractivity contribution in [1.29, 1.82) is 0 Å². The molecule has 0 bridgehead atoms. The van der Waals surface area contributed by atoms with Gasteiger partial charge in [-0.2, -0.15) is 0 Å². The molecule has 2 N–H and O–H groups in total. The van der Waals surface area contributed by atoms with Gasteiger partial charge in [0, 0.05) is 11.6 Å². The highest BCUT2D eigenvalue weighted by atomic mass is 16.5. The lowest BCUT2D eigenvalue weighted by molar-refractivity contribution is 0.132. The van der Waals surface area contributed by atoms with E-state index in [1.807, 2.05) is 25.1 Å². The highest BCUT2D eigenvalue weighted by molar-refractivity contribution is 5.42. The second-order valence-electron chi connectivity index (χ2n) is 5.00. The molecule has 0 spiro atoms. The summed E-state index contributed by atoms with van der Waals surface area (Å²) in [6, 6.07) is 5.44. The molecule has 2 atom stereocenters. The molecule has 0 aromatic heterocycles. The van der Waals surface area contributed by atoms with E-state index in [0.717, 1.165) is 24.3 Å². The number of hydrogen-bond donors (Lipinski definition) is 2. The van der Waals surface area contributed by atoms with Gasteiger partial charge in [0.2, 0.25) is 0 Å². The molecule has 0 heterocycles. The van der Waals surface area contributed by atoms with Crippen LogP contribution in [0.4, 0.5) is 0 Å². The van der Waals surface area contributed by atoms with Gasteiger partial charge in [-0.1, -0.05) is 19.8 Å². The van der Waals surface area contributed by atoms with Gasteiger partial charge in [0.15, 0.2) is 0 Å². The third-order valence-electron chi connectivity index (χ3n) is 3.48. The van der Waals surface area contributed by atoms with Gasteiger partial charge < -0.3 is 19.9 Å². The van der Waals surface area contributed by atoms with E-state index < -0.39 is 6.10 Å². The molecule has 114 valence electrons. The van der Waals surface area contributed by atoms with Gasteiger partial charge >= 0.3 is 0 Å². The van der Waals surface area contributed by atoms with Gasteiger partial charge in [0.1, 0.15) is 11.5 Å². The molecular weight excluding hydrogens is 254 g/mol. The first kappa shape index (κ1) is 16.8. The van der Waals surface area contributed by atoms with Gasteiger partial charge in [0.05, 0.1) is 20.3 Å². The van der Waals surface area contributed by atoms with Crippen LogP contribution in [-0.4, -0.2) is 31.9 Å². The molecule has 4 heteroatoms. The van der Waals surface area contributed by atoms with Crippen LogP contribution < -0.4 is 14.8 Å². The van der Waals surface area contributed by atoms with Crippen molar-refractivity contribution in [2.24, 2.45) is 0 Å². The van der Waals surface area contributed by atoms with Crippen molar-refractivity contribution in [1.82, 2.24) is 5.32 Å². The topological polar surface area (TPSA) is 50.7 Å². The monoisotopic (exact) mass is 281 g/mol. The summed E-state index contributed by atoms with van der Waals surface area (Å²) < 4.78 is 10.5. The Bertz CT molecular complexity index is 395. The predicted molar refractivity (Wildman–Crippen MR) is 81.5 cm³/mol. The average molecular weight is 281 g/mol. The van der Waals surface area contributed by atoms with E-state index in [1.54, 1.807) is 14.2 Å². The molecule has 1 rings (SSSR count). The molecule has 0 radical (unpaired) electrons. The van der Waals surface area contributed by atoms with Gasteiger partial charge in [-0.05, 0) is 38.1 Å². The van der Waals surface area contributed by atoms with E-state index >= 15 is 0 Å². The summed E-state index contributed by atoms with van der Waals surface area (Å²) >= 11 is 0. The summed E-state index contributed by atoms with van der Waals surface area (Å²) in [7, 11) is 3.22. The minimum Gasteiger partial charge on any atom is -0.497 e. The normalized spacial score (nSPS) is 13.8. The summed E-state index contributed by atoms with van der Waals surface area (Å²) in [5.41, 5.74) is 0.752. The smallest absolute Gasteiger partial charge is 0.124 e. The van der Waals surface area contributed by atoms with Crippen molar-refractivity contribution in [2.75, 3.05) is 20.8 Å². The Morgan fingerprint density at radius 3 is 2.55 bits per heavy atom. The minimum atomic E-state index is -0.623. The lowest BCUT2D eigenvalue weighted by atomic mass is 10.0. The number of ether oxygens (including phenoxy) is 2. The van der Waals surface area contributed by atoms with Crippen LogP contribution in [0.2, 0.25) is 0 Å². The van der Waals surface area contributed by atoms with Crippen molar-refractivity contribution in [3.05, 3.63) is 23.8 Å². The quantitative estimate of drug-likeness (QED) is 0.683. The van der Waals surface area contributed by atoms with Gasteiger partial charge in [-0.15, -0.1) is 0 Å². The number of aliphatic hydroxyl groups excluding tert-OH is 1. The molecule has 0 saturated carbocycles. The summed E-state index contributed by atoms with van der Waals surface area (Å²) in [5, 5.41) is 13.8. The Morgan fingerprint density at radius 2 is 1.95 bits per heavy atom. The van der Waals surface area contributed by atoms with Crippen LogP contribution in [0, 0.1) is 0 Å². The SMILES string of the molecule is CCCCCNC(C)C(O)c1cc(OC)ccc1OC. The van der Waals surface area contributed by atoms with E-state index in [-0.39, 0.29) is 6.04 Å². The molecule has 1 aromatic carbocycles. The van der Waals surface area contributed by atoms with Crippen molar-refractivity contribution < 1.29 is 14.6 Å². The number of hydrogen-bond acceptors (Lipinski definition) is 4. The fraction of sp³-hybridized carbons (Fsp3) is 0.625. The van der Waals surface area contributed by atoms with Crippen LogP contribution in [-0.2, 0) is 0 Å². The molecule has 20 heavy (non-hydrogen) atoms. The molecule has 0 aliphatic carbocycles. The van der Waals surface area contributed by atoms with E-state index in [2.05, 4.69) is 12.2 Å². The van der Waals surface area contributed by atoms with Gasteiger partial charge in [-0.3, -0.25) is 0 Å². The lowest BCUT2D eigenvalue weighted by Gasteiger charge is -2.23. The summed E-state index contributed by atoms with van der Waals surface area (Å²) in [4.78, 5) is 0. The summed E-state index contributed by atoms with van der Waals surface area (Å²) in [6.07, 6.45) is 2.91. The van der Waals surface area contributed by atoms with Crippen LogP contribution in [0.3, 0.4) is 0 Å². The Balaban J connectivity index is 2.71. The van der Waals surface area contributed by atoms with Crippen molar-refractivity contribution in [2.45, 2.75) is 45.3 Å². The average Bonchev–Trinajstić information content (AvgIpc) is 2.49. The summed E-state index contributed by atoms with van der Waals surface area (Å²) in [5.74, 6) is 1.40. The van der Waals surface area contributed by atoms with Gasteiger partial charge in [0.25, 0.3) is 0 Å². The Kier molecular flexibility index (Phi) is 7.41. The highest BCUT2D eigenvalue weighted by Crippen LogP contribution is 2.30. The maximum Gasteiger partial charge on any atom is 0.124 e. The second kappa shape index (κ2) is 8.82. The first-order chi connectivity index (χ1) is 9.63. The predicted octanol–water partition coefficient (Wildman–Crippen LogP) is 2.91.